The summed E-state index contributed by atoms with van der Waals surface area (Å²) in [7, 11) is 0. The van der Waals surface area contributed by atoms with Crippen molar-refractivity contribution in [2.45, 2.75) is 45.1 Å². The van der Waals surface area contributed by atoms with Crippen molar-refractivity contribution in [3.05, 3.63) is 23.8 Å². The number of aromatic nitrogens is 2. The van der Waals surface area contributed by atoms with E-state index in [4.69, 9.17) is 0 Å². The Labute approximate surface area is 130 Å². The van der Waals surface area contributed by atoms with Gasteiger partial charge in [0.2, 0.25) is 5.91 Å². The molecule has 1 saturated carbocycles. The van der Waals surface area contributed by atoms with Gasteiger partial charge in [0.25, 0.3) is 5.91 Å². The summed E-state index contributed by atoms with van der Waals surface area (Å²) in [4.78, 5) is 34.5. The fourth-order valence-electron chi connectivity index (χ4n) is 3.32. The van der Waals surface area contributed by atoms with Gasteiger partial charge in [0, 0.05) is 25.3 Å². The number of likely N-dealkylation sites (tertiary alicyclic amines) is 1. The van der Waals surface area contributed by atoms with Gasteiger partial charge in [-0.15, -0.1) is 0 Å². The second kappa shape index (κ2) is 6.42. The van der Waals surface area contributed by atoms with E-state index in [-0.39, 0.29) is 17.7 Å². The fourth-order valence-corrected chi connectivity index (χ4v) is 3.32. The van der Waals surface area contributed by atoms with Gasteiger partial charge in [0.1, 0.15) is 6.33 Å². The second-order valence-electron chi connectivity index (χ2n) is 6.25. The minimum atomic E-state index is -0.0884. The Hall–Kier alpha value is -1.98. The Morgan fingerprint density at radius 3 is 2.77 bits per heavy atom. The Bertz CT molecular complexity index is 569. The van der Waals surface area contributed by atoms with Gasteiger partial charge in [-0.1, -0.05) is 12.8 Å². The molecule has 1 aromatic heterocycles. The largest absolute Gasteiger partial charge is 0.353 e. The zero-order valence-electron chi connectivity index (χ0n) is 12.9. The van der Waals surface area contributed by atoms with Crippen LogP contribution in [0.25, 0.3) is 0 Å². The lowest BCUT2D eigenvalue weighted by atomic mass is 10.1. The van der Waals surface area contributed by atoms with Crippen molar-refractivity contribution < 1.29 is 9.59 Å². The molecule has 1 aromatic rings. The Morgan fingerprint density at radius 2 is 2.05 bits per heavy atom. The predicted octanol–water partition coefficient (Wildman–Crippen LogP) is 1.31. The molecule has 1 N–H and O–H groups in total. The van der Waals surface area contributed by atoms with Gasteiger partial charge in [-0.25, -0.2) is 9.97 Å². The van der Waals surface area contributed by atoms with Gasteiger partial charge in [-0.2, -0.15) is 0 Å². The second-order valence-corrected chi connectivity index (χ2v) is 6.25. The van der Waals surface area contributed by atoms with E-state index in [1.165, 1.54) is 19.2 Å². The average molecular weight is 302 g/mol. The van der Waals surface area contributed by atoms with Crippen LogP contribution >= 0.6 is 0 Å². The topological polar surface area (TPSA) is 75.2 Å². The smallest absolute Gasteiger partial charge is 0.257 e. The lowest BCUT2D eigenvalue weighted by Crippen LogP contribution is -2.39. The first-order chi connectivity index (χ1) is 10.6. The van der Waals surface area contributed by atoms with E-state index in [1.807, 2.05) is 0 Å². The molecule has 0 aromatic carbocycles. The van der Waals surface area contributed by atoms with Gasteiger partial charge >= 0.3 is 0 Å². The number of carbonyl (C=O) groups is 2. The van der Waals surface area contributed by atoms with Gasteiger partial charge in [-0.05, 0) is 26.2 Å². The van der Waals surface area contributed by atoms with E-state index < -0.39 is 0 Å². The summed E-state index contributed by atoms with van der Waals surface area (Å²) in [5, 5.41) is 3.13. The van der Waals surface area contributed by atoms with Crippen LogP contribution in [0.3, 0.4) is 0 Å². The highest BCUT2D eigenvalue weighted by Crippen LogP contribution is 2.22. The van der Waals surface area contributed by atoms with Crippen molar-refractivity contribution in [2.75, 3.05) is 13.1 Å². The van der Waals surface area contributed by atoms with Crippen molar-refractivity contribution in [2.24, 2.45) is 5.92 Å². The number of nitrogens with zero attached hydrogens (tertiary/aromatic N) is 3. The third kappa shape index (κ3) is 3.10. The summed E-state index contributed by atoms with van der Waals surface area (Å²) in [6.45, 7) is 2.91. The third-order valence-electron chi connectivity index (χ3n) is 4.69. The number of hydrogen-bond donors (Lipinski definition) is 1. The lowest BCUT2D eigenvalue weighted by Gasteiger charge is -2.18. The first-order valence-corrected chi connectivity index (χ1v) is 8.01. The van der Waals surface area contributed by atoms with Crippen LogP contribution in [0.5, 0.6) is 0 Å². The molecule has 2 fully saturated rings. The maximum Gasteiger partial charge on any atom is 0.257 e. The van der Waals surface area contributed by atoms with Crippen LogP contribution in [0, 0.1) is 12.8 Å². The zero-order chi connectivity index (χ0) is 15.5. The van der Waals surface area contributed by atoms with E-state index in [2.05, 4.69) is 15.3 Å². The molecule has 22 heavy (non-hydrogen) atoms. The van der Waals surface area contributed by atoms with Crippen molar-refractivity contribution in [1.82, 2.24) is 20.2 Å². The Balaban J connectivity index is 1.58. The van der Waals surface area contributed by atoms with E-state index >= 15 is 0 Å². The van der Waals surface area contributed by atoms with Crippen LogP contribution in [0.2, 0.25) is 0 Å². The maximum absolute atomic E-state index is 12.5. The molecule has 1 saturated heterocycles. The molecule has 1 atom stereocenters. The summed E-state index contributed by atoms with van der Waals surface area (Å²) < 4.78 is 0. The number of nitrogens with one attached hydrogen (secondary N) is 1. The van der Waals surface area contributed by atoms with Gasteiger partial charge in [0.15, 0.2) is 0 Å². The number of rotatable bonds is 3. The van der Waals surface area contributed by atoms with Crippen molar-refractivity contribution in [1.29, 1.82) is 0 Å². The fraction of sp³-hybridized carbons (Fsp3) is 0.625. The summed E-state index contributed by atoms with van der Waals surface area (Å²) in [5.74, 6) is -0.0630. The molecule has 2 aliphatic rings. The van der Waals surface area contributed by atoms with Gasteiger partial charge in [0.05, 0.1) is 17.2 Å². The zero-order valence-corrected chi connectivity index (χ0v) is 12.9. The van der Waals surface area contributed by atoms with Crippen LogP contribution < -0.4 is 5.32 Å². The summed E-state index contributed by atoms with van der Waals surface area (Å²) in [5.41, 5.74) is 1.21. The summed E-state index contributed by atoms with van der Waals surface area (Å²) >= 11 is 0. The maximum atomic E-state index is 12.5. The number of amides is 2. The van der Waals surface area contributed by atoms with E-state index in [0.717, 1.165) is 19.3 Å². The molecule has 1 unspecified atom stereocenters. The van der Waals surface area contributed by atoms with Gasteiger partial charge in [-0.3, -0.25) is 9.59 Å². The third-order valence-corrected chi connectivity index (χ3v) is 4.69. The first kappa shape index (κ1) is 14.9. The number of aryl methyl sites for hydroxylation is 1. The summed E-state index contributed by atoms with van der Waals surface area (Å²) in [6, 6.07) is 0.335. The molecule has 0 radical (unpaired) electrons. The van der Waals surface area contributed by atoms with Crippen molar-refractivity contribution in [3.63, 3.8) is 0 Å². The number of hydrogen-bond acceptors (Lipinski definition) is 4. The molecular formula is C16H22N4O2. The van der Waals surface area contributed by atoms with E-state index in [9.17, 15) is 9.59 Å². The molecule has 6 nitrogen and oxygen atoms in total. The minimum Gasteiger partial charge on any atom is -0.353 e. The average Bonchev–Trinajstić information content (AvgIpc) is 3.18. The van der Waals surface area contributed by atoms with Crippen molar-refractivity contribution in [3.8, 4) is 0 Å². The Morgan fingerprint density at radius 1 is 1.27 bits per heavy atom. The lowest BCUT2D eigenvalue weighted by molar-refractivity contribution is -0.125. The van der Waals surface area contributed by atoms with E-state index in [0.29, 0.717) is 30.4 Å². The molecule has 0 spiro atoms. The number of carbonyl (C=O) groups excluding carboxylic acids is 2. The molecule has 1 aliphatic carbocycles. The van der Waals surface area contributed by atoms with Gasteiger partial charge < -0.3 is 10.2 Å². The highest BCUT2D eigenvalue weighted by molar-refractivity contribution is 5.95. The molecule has 2 amide bonds. The normalized spacial score (nSPS) is 22.0. The van der Waals surface area contributed by atoms with Crippen LogP contribution in [0.4, 0.5) is 0 Å². The highest BCUT2D eigenvalue weighted by atomic mass is 16.2. The van der Waals surface area contributed by atoms with Crippen LogP contribution in [0.15, 0.2) is 12.5 Å². The monoisotopic (exact) mass is 302 g/mol. The molecular weight excluding hydrogens is 280 g/mol. The molecule has 118 valence electrons. The van der Waals surface area contributed by atoms with Crippen molar-refractivity contribution >= 4 is 11.8 Å². The SMILES string of the molecule is Cc1ncncc1C(=O)N1CCC(C(=O)NC2CCCC2)C1. The molecule has 0 bridgehead atoms. The standard InChI is InChI=1S/C16H22N4O2/c1-11-14(8-17-10-18-11)16(22)20-7-6-12(9-20)15(21)19-13-4-2-3-5-13/h8,10,12-13H,2-7,9H2,1H3,(H,19,21). The Kier molecular flexibility index (Phi) is 4.36. The first-order valence-electron chi connectivity index (χ1n) is 8.01. The predicted molar refractivity (Wildman–Crippen MR) is 81.2 cm³/mol. The molecule has 1 aliphatic heterocycles. The van der Waals surface area contributed by atoms with E-state index in [1.54, 1.807) is 18.0 Å². The highest BCUT2D eigenvalue weighted by Gasteiger charge is 2.33. The van der Waals surface area contributed by atoms with Crippen LogP contribution in [-0.2, 0) is 4.79 Å². The summed E-state index contributed by atoms with van der Waals surface area (Å²) in [6.07, 6.45) is 8.30. The molecule has 2 heterocycles. The van der Waals surface area contributed by atoms with Crippen LogP contribution in [0.1, 0.15) is 48.2 Å². The van der Waals surface area contributed by atoms with Crippen LogP contribution in [-0.4, -0.2) is 45.8 Å². The minimum absolute atomic E-state index is 0.0748. The molecule has 6 heteroatoms. The quantitative estimate of drug-likeness (QED) is 0.913. The molecule has 3 rings (SSSR count).